The van der Waals surface area contributed by atoms with Gasteiger partial charge >= 0.3 is 0 Å². The number of halogens is 1. The van der Waals surface area contributed by atoms with Gasteiger partial charge in [-0.3, -0.25) is 4.79 Å². The van der Waals surface area contributed by atoms with Gasteiger partial charge in [-0.05, 0) is 62.2 Å². The average molecular weight is 325 g/mol. The Kier molecular flexibility index (Phi) is 8.51. The molecular weight excluding hydrogens is 296 g/mol. The molecule has 124 valence electrons. The fourth-order valence-electron chi connectivity index (χ4n) is 3.12. The minimum absolute atomic E-state index is 0. The zero-order valence-corrected chi connectivity index (χ0v) is 14.5. The van der Waals surface area contributed by atoms with Crippen LogP contribution in [0.25, 0.3) is 0 Å². The molecule has 0 spiro atoms. The van der Waals surface area contributed by atoms with Crippen molar-refractivity contribution < 1.29 is 4.79 Å². The summed E-state index contributed by atoms with van der Waals surface area (Å²) in [7, 11) is 0. The van der Waals surface area contributed by atoms with Crippen molar-refractivity contribution >= 4 is 18.3 Å². The van der Waals surface area contributed by atoms with Gasteiger partial charge in [-0.25, -0.2) is 0 Å². The van der Waals surface area contributed by atoms with Crippen LogP contribution in [0.1, 0.15) is 37.3 Å². The lowest BCUT2D eigenvalue weighted by molar-refractivity contribution is -0.122. The van der Waals surface area contributed by atoms with E-state index in [0.29, 0.717) is 18.3 Å². The Bertz CT molecular complexity index is 458. The number of hydrogen-bond donors (Lipinski definition) is 2. The minimum Gasteiger partial charge on any atom is -0.356 e. The normalized spacial score (nSPS) is 19.1. The van der Waals surface area contributed by atoms with Gasteiger partial charge < -0.3 is 10.6 Å². The number of piperidine rings is 1. The molecule has 1 aromatic rings. The van der Waals surface area contributed by atoms with Crippen LogP contribution in [0.3, 0.4) is 0 Å². The highest BCUT2D eigenvalue weighted by Gasteiger charge is 2.21. The second kappa shape index (κ2) is 9.86. The summed E-state index contributed by atoms with van der Waals surface area (Å²) in [5, 5.41) is 6.50. The second-order valence-electron chi connectivity index (χ2n) is 6.31. The Balaban J connectivity index is 0.00000242. The van der Waals surface area contributed by atoms with Gasteiger partial charge in [-0.2, -0.15) is 0 Å². The van der Waals surface area contributed by atoms with Gasteiger partial charge in [0.15, 0.2) is 0 Å². The maximum atomic E-state index is 12.0. The quantitative estimate of drug-likeness (QED) is 0.844. The first-order chi connectivity index (χ1) is 10.2. The highest BCUT2D eigenvalue weighted by Crippen LogP contribution is 2.22. The predicted octanol–water partition coefficient (Wildman–Crippen LogP) is 3.10. The van der Waals surface area contributed by atoms with Crippen LogP contribution in [-0.2, 0) is 11.2 Å². The van der Waals surface area contributed by atoms with Crippen molar-refractivity contribution in [2.24, 2.45) is 11.8 Å². The molecular formula is C18H29ClN2O. The van der Waals surface area contributed by atoms with E-state index in [0.717, 1.165) is 26.1 Å². The minimum atomic E-state index is 0. The summed E-state index contributed by atoms with van der Waals surface area (Å²) >= 11 is 0. The van der Waals surface area contributed by atoms with Gasteiger partial charge in [0, 0.05) is 13.0 Å². The summed E-state index contributed by atoms with van der Waals surface area (Å²) in [6.07, 6.45) is 4.06. The van der Waals surface area contributed by atoms with E-state index in [9.17, 15) is 4.79 Å². The van der Waals surface area contributed by atoms with Crippen LogP contribution in [-0.4, -0.2) is 25.5 Å². The molecule has 3 nitrogen and oxygen atoms in total. The molecule has 0 saturated carbocycles. The number of rotatable bonds is 6. The van der Waals surface area contributed by atoms with E-state index in [-0.39, 0.29) is 18.3 Å². The number of nitrogens with one attached hydrogen (secondary N) is 2. The van der Waals surface area contributed by atoms with E-state index < -0.39 is 0 Å². The molecule has 0 radical (unpaired) electrons. The maximum absolute atomic E-state index is 12.0. The molecule has 1 saturated heterocycles. The molecule has 2 rings (SSSR count). The van der Waals surface area contributed by atoms with Crippen LogP contribution >= 0.6 is 12.4 Å². The number of amides is 1. The highest BCUT2D eigenvalue weighted by atomic mass is 35.5. The topological polar surface area (TPSA) is 41.1 Å². The SMILES string of the molecule is Cc1ccccc1CCNC(=O)CC(C)C1CCCNC1.Cl. The Labute approximate surface area is 140 Å². The number of benzene rings is 1. The van der Waals surface area contributed by atoms with Crippen LogP contribution in [0, 0.1) is 18.8 Å². The summed E-state index contributed by atoms with van der Waals surface area (Å²) < 4.78 is 0. The number of carbonyl (C=O) groups excluding carboxylic acids is 1. The first-order valence-electron chi connectivity index (χ1n) is 8.18. The molecule has 4 heteroatoms. The molecule has 0 aromatic heterocycles. The molecule has 2 atom stereocenters. The van der Waals surface area contributed by atoms with Crippen molar-refractivity contribution in [3.63, 3.8) is 0 Å². The van der Waals surface area contributed by atoms with E-state index in [1.165, 1.54) is 24.0 Å². The van der Waals surface area contributed by atoms with Gasteiger partial charge in [-0.1, -0.05) is 31.2 Å². The molecule has 1 amide bonds. The summed E-state index contributed by atoms with van der Waals surface area (Å²) in [6.45, 7) is 7.26. The number of hydrogen-bond acceptors (Lipinski definition) is 2. The largest absolute Gasteiger partial charge is 0.356 e. The summed E-state index contributed by atoms with van der Waals surface area (Å²) in [5.41, 5.74) is 2.62. The lowest BCUT2D eigenvalue weighted by atomic mass is 9.85. The molecule has 0 aliphatic carbocycles. The van der Waals surface area contributed by atoms with Gasteiger partial charge in [0.1, 0.15) is 0 Å². The van der Waals surface area contributed by atoms with Crippen molar-refractivity contribution in [3.8, 4) is 0 Å². The average Bonchev–Trinajstić information content (AvgIpc) is 2.50. The third-order valence-electron chi connectivity index (χ3n) is 4.62. The smallest absolute Gasteiger partial charge is 0.220 e. The van der Waals surface area contributed by atoms with Crippen molar-refractivity contribution in [1.29, 1.82) is 0 Å². The monoisotopic (exact) mass is 324 g/mol. The zero-order chi connectivity index (χ0) is 15.1. The lowest BCUT2D eigenvalue weighted by Gasteiger charge is -2.28. The lowest BCUT2D eigenvalue weighted by Crippen LogP contribution is -2.36. The number of carbonyl (C=O) groups is 1. The fraction of sp³-hybridized carbons (Fsp3) is 0.611. The fourth-order valence-corrected chi connectivity index (χ4v) is 3.12. The van der Waals surface area contributed by atoms with E-state index in [1.54, 1.807) is 0 Å². The Hall–Kier alpha value is -1.06. The van der Waals surface area contributed by atoms with Crippen LogP contribution in [0.15, 0.2) is 24.3 Å². The van der Waals surface area contributed by atoms with Gasteiger partial charge in [0.05, 0.1) is 0 Å². The van der Waals surface area contributed by atoms with Crippen molar-refractivity contribution in [2.45, 2.75) is 39.5 Å². The summed E-state index contributed by atoms with van der Waals surface area (Å²) in [4.78, 5) is 12.0. The highest BCUT2D eigenvalue weighted by molar-refractivity contribution is 5.85. The summed E-state index contributed by atoms with van der Waals surface area (Å²) in [6, 6.07) is 8.37. The zero-order valence-electron chi connectivity index (χ0n) is 13.7. The molecule has 0 bridgehead atoms. The number of aryl methyl sites for hydroxylation is 1. The van der Waals surface area contributed by atoms with Crippen molar-refractivity contribution in [2.75, 3.05) is 19.6 Å². The Morgan fingerprint density at radius 3 is 2.86 bits per heavy atom. The molecule has 1 heterocycles. The van der Waals surface area contributed by atoms with Crippen LogP contribution < -0.4 is 10.6 Å². The van der Waals surface area contributed by atoms with Crippen molar-refractivity contribution in [1.82, 2.24) is 10.6 Å². The van der Waals surface area contributed by atoms with E-state index >= 15 is 0 Å². The first kappa shape index (κ1) is 19.0. The summed E-state index contributed by atoms with van der Waals surface area (Å²) in [5.74, 6) is 1.32. The molecule has 2 unspecified atom stereocenters. The molecule has 1 aliphatic rings. The van der Waals surface area contributed by atoms with Gasteiger partial charge in [0.2, 0.25) is 5.91 Å². The first-order valence-corrected chi connectivity index (χ1v) is 8.18. The second-order valence-corrected chi connectivity index (χ2v) is 6.31. The van der Waals surface area contributed by atoms with Crippen molar-refractivity contribution in [3.05, 3.63) is 35.4 Å². The predicted molar refractivity (Wildman–Crippen MR) is 94.5 cm³/mol. The van der Waals surface area contributed by atoms with E-state index in [2.05, 4.69) is 48.7 Å². The Morgan fingerprint density at radius 2 is 2.18 bits per heavy atom. The molecule has 22 heavy (non-hydrogen) atoms. The van der Waals surface area contributed by atoms with E-state index in [4.69, 9.17) is 0 Å². The molecule has 1 aromatic carbocycles. The van der Waals surface area contributed by atoms with Crippen LogP contribution in [0.2, 0.25) is 0 Å². The standard InChI is InChI=1S/C18H28N2O.ClH/c1-14-6-3-4-7-16(14)9-11-20-18(21)12-15(2)17-8-5-10-19-13-17;/h3-4,6-7,15,17,19H,5,8-13H2,1-2H3,(H,20,21);1H. The van der Waals surface area contributed by atoms with E-state index in [1.807, 2.05) is 0 Å². The molecule has 1 fully saturated rings. The van der Waals surface area contributed by atoms with Crippen LogP contribution in [0.5, 0.6) is 0 Å². The third-order valence-corrected chi connectivity index (χ3v) is 4.62. The Morgan fingerprint density at radius 1 is 1.41 bits per heavy atom. The maximum Gasteiger partial charge on any atom is 0.220 e. The molecule has 1 aliphatic heterocycles. The van der Waals surface area contributed by atoms with Gasteiger partial charge in [0.25, 0.3) is 0 Å². The third kappa shape index (κ3) is 5.98. The van der Waals surface area contributed by atoms with Gasteiger partial charge in [-0.15, -0.1) is 12.4 Å². The molecule has 2 N–H and O–H groups in total. The van der Waals surface area contributed by atoms with Crippen LogP contribution in [0.4, 0.5) is 0 Å².